The van der Waals surface area contributed by atoms with E-state index in [1.807, 2.05) is 18.7 Å². The van der Waals surface area contributed by atoms with E-state index in [9.17, 15) is 9.59 Å². The maximum Gasteiger partial charge on any atom is 0.306 e. The third kappa shape index (κ3) is 4.32. The van der Waals surface area contributed by atoms with E-state index in [0.29, 0.717) is 26.2 Å². The number of ether oxygens (including phenoxy) is 1. The Hall–Kier alpha value is -1.14. The smallest absolute Gasteiger partial charge is 0.306 e. The Kier molecular flexibility index (Phi) is 5.37. The summed E-state index contributed by atoms with van der Waals surface area (Å²) in [5, 5.41) is 11.5. The van der Waals surface area contributed by atoms with Crippen molar-refractivity contribution in [2.75, 3.05) is 26.2 Å². The summed E-state index contributed by atoms with van der Waals surface area (Å²) in [5.41, 5.74) is 0. The van der Waals surface area contributed by atoms with Crippen molar-refractivity contribution in [1.29, 1.82) is 0 Å². The highest BCUT2D eigenvalue weighted by atomic mass is 16.5. The highest BCUT2D eigenvalue weighted by molar-refractivity contribution is 5.81. The Bertz CT molecular complexity index is 283. The van der Waals surface area contributed by atoms with E-state index in [1.165, 1.54) is 0 Å². The molecule has 2 N–H and O–H groups in total. The fraction of sp³-hybridized carbons (Fsp3) is 0.818. The molecule has 98 valence electrons. The van der Waals surface area contributed by atoms with Gasteiger partial charge in [-0.3, -0.25) is 14.5 Å². The van der Waals surface area contributed by atoms with Gasteiger partial charge in [-0.05, 0) is 13.8 Å². The lowest BCUT2D eigenvalue weighted by molar-refractivity contribution is -0.143. The van der Waals surface area contributed by atoms with Gasteiger partial charge in [-0.15, -0.1) is 0 Å². The molecule has 1 aliphatic heterocycles. The Balaban J connectivity index is 2.48. The normalized spacial score (nSPS) is 23.1. The van der Waals surface area contributed by atoms with Gasteiger partial charge >= 0.3 is 5.97 Å². The van der Waals surface area contributed by atoms with Crippen molar-refractivity contribution in [2.45, 2.75) is 32.4 Å². The zero-order chi connectivity index (χ0) is 12.8. The molecule has 1 rings (SSSR count). The summed E-state index contributed by atoms with van der Waals surface area (Å²) in [6.45, 7) is 5.93. The number of hydrogen-bond donors (Lipinski definition) is 2. The van der Waals surface area contributed by atoms with Gasteiger partial charge in [-0.1, -0.05) is 0 Å². The quantitative estimate of drug-likeness (QED) is 0.693. The van der Waals surface area contributed by atoms with Crippen LogP contribution in [0.1, 0.15) is 20.3 Å². The molecule has 6 heteroatoms. The van der Waals surface area contributed by atoms with Gasteiger partial charge < -0.3 is 15.2 Å². The van der Waals surface area contributed by atoms with Gasteiger partial charge in [-0.2, -0.15) is 0 Å². The van der Waals surface area contributed by atoms with Gasteiger partial charge in [-0.25, -0.2) is 0 Å². The van der Waals surface area contributed by atoms with Crippen LogP contribution in [0.2, 0.25) is 0 Å². The van der Waals surface area contributed by atoms with Gasteiger partial charge in [0.15, 0.2) is 0 Å². The number of likely N-dealkylation sites (N-methyl/N-ethyl adjacent to an activating group) is 1. The van der Waals surface area contributed by atoms with Crippen molar-refractivity contribution >= 4 is 11.9 Å². The first-order chi connectivity index (χ1) is 8.04. The van der Waals surface area contributed by atoms with Gasteiger partial charge in [0, 0.05) is 19.6 Å². The number of carbonyl (C=O) groups excluding carboxylic acids is 1. The lowest BCUT2D eigenvalue weighted by Gasteiger charge is -2.35. The second-order valence-electron chi connectivity index (χ2n) is 4.16. The standard InChI is InChI=1S/C11H20N2O4/c1-3-12-11(16)8(2)13-4-5-17-9(7-13)6-10(14)15/h8-9H,3-7H2,1-2H3,(H,12,16)(H,14,15). The first-order valence-corrected chi connectivity index (χ1v) is 5.89. The van der Waals surface area contributed by atoms with E-state index in [2.05, 4.69) is 5.32 Å². The van der Waals surface area contributed by atoms with Gasteiger partial charge in [0.2, 0.25) is 5.91 Å². The summed E-state index contributed by atoms with van der Waals surface area (Å²) in [6, 6.07) is -0.241. The van der Waals surface area contributed by atoms with E-state index in [4.69, 9.17) is 9.84 Å². The molecule has 0 saturated carbocycles. The summed E-state index contributed by atoms with van der Waals surface area (Å²) in [6.07, 6.45) is -0.336. The predicted octanol–water partition coefficient (Wildman–Crippen LogP) is -0.313. The number of aliphatic carboxylic acids is 1. The number of hydrogen-bond acceptors (Lipinski definition) is 4. The average Bonchev–Trinajstić information content (AvgIpc) is 2.28. The third-order valence-electron chi connectivity index (χ3n) is 2.85. The predicted molar refractivity (Wildman–Crippen MR) is 61.7 cm³/mol. The minimum absolute atomic E-state index is 0.0153. The summed E-state index contributed by atoms with van der Waals surface area (Å²) in [5.74, 6) is -0.897. The van der Waals surface area contributed by atoms with Crippen LogP contribution in [0.5, 0.6) is 0 Å². The zero-order valence-electron chi connectivity index (χ0n) is 10.3. The number of rotatable bonds is 5. The number of nitrogens with one attached hydrogen (secondary N) is 1. The third-order valence-corrected chi connectivity index (χ3v) is 2.85. The molecule has 0 spiro atoms. The number of amides is 1. The highest BCUT2D eigenvalue weighted by Gasteiger charge is 2.28. The van der Waals surface area contributed by atoms with E-state index in [0.717, 1.165) is 0 Å². The molecule has 0 bridgehead atoms. The molecule has 17 heavy (non-hydrogen) atoms. The Morgan fingerprint density at radius 3 is 2.88 bits per heavy atom. The maximum atomic E-state index is 11.7. The number of carboxylic acids is 1. The molecule has 0 aliphatic carbocycles. The molecule has 1 amide bonds. The first kappa shape index (κ1) is 13.9. The fourth-order valence-electron chi connectivity index (χ4n) is 1.90. The van der Waals surface area contributed by atoms with Crippen molar-refractivity contribution in [3.05, 3.63) is 0 Å². The molecule has 0 radical (unpaired) electrons. The zero-order valence-corrected chi connectivity index (χ0v) is 10.3. The van der Waals surface area contributed by atoms with Crippen LogP contribution in [0.15, 0.2) is 0 Å². The van der Waals surface area contributed by atoms with Gasteiger partial charge in [0.1, 0.15) is 0 Å². The molecule has 0 aromatic heterocycles. The summed E-state index contributed by atoms with van der Waals surface area (Å²) in [4.78, 5) is 24.2. The molecule has 6 nitrogen and oxygen atoms in total. The van der Waals surface area contributed by atoms with Crippen molar-refractivity contribution in [2.24, 2.45) is 0 Å². The number of nitrogens with zero attached hydrogens (tertiary/aromatic N) is 1. The first-order valence-electron chi connectivity index (χ1n) is 5.89. The van der Waals surface area contributed by atoms with Crippen LogP contribution in [0.3, 0.4) is 0 Å². The molecule has 2 atom stereocenters. The van der Waals surface area contributed by atoms with Gasteiger partial charge in [0.05, 0.1) is 25.2 Å². The Morgan fingerprint density at radius 2 is 2.29 bits per heavy atom. The van der Waals surface area contributed by atoms with Crippen LogP contribution in [0.25, 0.3) is 0 Å². The summed E-state index contributed by atoms with van der Waals surface area (Å²) >= 11 is 0. The maximum absolute atomic E-state index is 11.7. The molecular weight excluding hydrogens is 224 g/mol. The van der Waals surface area contributed by atoms with Crippen LogP contribution in [0.4, 0.5) is 0 Å². The molecule has 0 aromatic carbocycles. The van der Waals surface area contributed by atoms with Gasteiger partial charge in [0.25, 0.3) is 0 Å². The minimum atomic E-state index is -0.873. The summed E-state index contributed by atoms with van der Waals surface area (Å²) < 4.78 is 5.35. The van der Waals surface area contributed by atoms with Crippen molar-refractivity contribution in [3.63, 3.8) is 0 Å². The lowest BCUT2D eigenvalue weighted by atomic mass is 10.1. The van der Waals surface area contributed by atoms with Crippen molar-refractivity contribution < 1.29 is 19.4 Å². The van der Waals surface area contributed by atoms with Crippen LogP contribution in [-0.2, 0) is 14.3 Å². The number of carbonyl (C=O) groups is 2. The second-order valence-corrected chi connectivity index (χ2v) is 4.16. The molecule has 1 heterocycles. The largest absolute Gasteiger partial charge is 0.481 e. The van der Waals surface area contributed by atoms with Crippen LogP contribution >= 0.6 is 0 Å². The van der Waals surface area contributed by atoms with E-state index < -0.39 is 5.97 Å². The SMILES string of the molecule is CCNC(=O)C(C)N1CCOC(CC(=O)O)C1. The van der Waals surface area contributed by atoms with E-state index >= 15 is 0 Å². The molecule has 1 aliphatic rings. The number of carboxylic acid groups (broad SMARTS) is 1. The van der Waals surface area contributed by atoms with Crippen molar-refractivity contribution in [3.8, 4) is 0 Å². The fourth-order valence-corrected chi connectivity index (χ4v) is 1.90. The second kappa shape index (κ2) is 6.56. The Labute approximate surface area is 101 Å². The minimum Gasteiger partial charge on any atom is -0.481 e. The molecular formula is C11H20N2O4. The topological polar surface area (TPSA) is 78.9 Å². The lowest BCUT2D eigenvalue weighted by Crippen LogP contribution is -2.52. The average molecular weight is 244 g/mol. The highest BCUT2D eigenvalue weighted by Crippen LogP contribution is 2.11. The van der Waals surface area contributed by atoms with Crippen LogP contribution < -0.4 is 5.32 Å². The molecule has 2 unspecified atom stereocenters. The van der Waals surface area contributed by atoms with E-state index in [-0.39, 0.29) is 24.5 Å². The van der Waals surface area contributed by atoms with Crippen molar-refractivity contribution in [1.82, 2.24) is 10.2 Å². The van der Waals surface area contributed by atoms with Crippen LogP contribution in [0, 0.1) is 0 Å². The molecule has 0 aromatic rings. The summed E-state index contributed by atoms with van der Waals surface area (Å²) in [7, 11) is 0. The van der Waals surface area contributed by atoms with E-state index in [1.54, 1.807) is 0 Å². The molecule has 1 saturated heterocycles. The van der Waals surface area contributed by atoms with Crippen LogP contribution in [-0.4, -0.2) is 60.3 Å². The monoisotopic (exact) mass is 244 g/mol. The number of morpholine rings is 1. The molecule has 1 fully saturated rings. The Morgan fingerprint density at radius 1 is 1.59 bits per heavy atom.